The summed E-state index contributed by atoms with van der Waals surface area (Å²) in [6.45, 7) is 0. The number of halogens is 1. The fraction of sp³-hybridized carbons (Fsp3) is 0.292. The topological polar surface area (TPSA) is 77.9 Å². The summed E-state index contributed by atoms with van der Waals surface area (Å²) in [4.78, 5) is 41.2. The normalized spacial score (nSPS) is 18.8. The quantitative estimate of drug-likeness (QED) is 0.752. The Kier molecular flexibility index (Phi) is 5.58. The zero-order valence-electron chi connectivity index (χ0n) is 17.4. The van der Waals surface area contributed by atoms with Gasteiger partial charge in [-0.05, 0) is 48.7 Å². The maximum Gasteiger partial charge on any atom is 0.335 e. The highest BCUT2D eigenvalue weighted by Gasteiger charge is 2.40. The Morgan fingerprint density at radius 3 is 2.45 bits per heavy atom. The second-order valence-corrected chi connectivity index (χ2v) is 8.49. The minimum absolute atomic E-state index is 0.0333. The Balaban J connectivity index is 1.84. The van der Waals surface area contributed by atoms with Crippen LogP contribution in [0.5, 0.6) is 0 Å². The molecule has 0 saturated carbocycles. The lowest BCUT2D eigenvalue weighted by molar-refractivity contribution is -0.119. The molecule has 6 nitrogen and oxygen atoms in total. The third-order valence-corrected chi connectivity index (χ3v) is 6.24. The van der Waals surface area contributed by atoms with Crippen molar-refractivity contribution < 1.29 is 19.5 Å². The average molecular weight is 439 g/mol. The molecule has 0 aromatic heterocycles. The van der Waals surface area contributed by atoms with Crippen LogP contribution in [0.4, 0.5) is 11.4 Å². The van der Waals surface area contributed by atoms with Gasteiger partial charge in [-0.15, -0.1) is 0 Å². The van der Waals surface area contributed by atoms with Crippen LogP contribution in [0.15, 0.2) is 53.7 Å². The maximum absolute atomic E-state index is 13.3. The molecule has 31 heavy (non-hydrogen) atoms. The molecule has 1 heterocycles. The number of hydrogen-bond acceptors (Lipinski definition) is 4. The Morgan fingerprint density at radius 1 is 1.10 bits per heavy atom. The fourth-order valence-corrected chi connectivity index (χ4v) is 4.58. The minimum Gasteiger partial charge on any atom is -0.478 e. The van der Waals surface area contributed by atoms with E-state index in [2.05, 4.69) is 0 Å². The zero-order valence-corrected chi connectivity index (χ0v) is 18.1. The Hall–Kier alpha value is -3.12. The van der Waals surface area contributed by atoms with Crippen LogP contribution in [-0.4, -0.2) is 36.9 Å². The molecule has 1 unspecified atom stereocenters. The molecule has 2 aliphatic rings. The zero-order chi connectivity index (χ0) is 22.3. The Morgan fingerprint density at radius 2 is 1.81 bits per heavy atom. The van der Waals surface area contributed by atoms with Gasteiger partial charge in [0.05, 0.1) is 16.3 Å². The largest absolute Gasteiger partial charge is 0.478 e. The van der Waals surface area contributed by atoms with Gasteiger partial charge in [-0.2, -0.15) is 0 Å². The number of carboxylic acid groups (broad SMARTS) is 1. The number of benzene rings is 2. The van der Waals surface area contributed by atoms with E-state index in [-0.39, 0.29) is 34.6 Å². The van der Waals surface area contributed by atoms with Gasteiger partial charge in [0.15, 0.2) is 5.78 Å². The lowest BCUT2D eigenvalue weighted by Crippen LogP contribution is -2.40. The van der Waals surface area contributed by atoms with Gasteiger partial charge in [0, 0.05) is 49.8 Å². The van der Waals surface area contributed by atoms with E-state index in [0.29, 0.717) is 36.2 Å². The Labute approximate surface area is 185 Å². The first-order chi connectivity index (χ1) is 14.8. The number of nitrogens with zero attached hydrogens (tertiary/aromatic N) is 2. The number of rotatable bonds is 4. The van der Waals surface area contributed by atoms with Gasteiger partial charge in [0.25, 0.3) is 0 Å². The molecule has 160 valence electrons. The second kappa shape index (κ2) is 8.19. The van der Waals surface area contributed by atoms with Crippen LogP contribution >= 0.6 is 11.6 Å². The van der Waals surface area contributed by atoms with E-state index in [9.17, 15) is 19.5 Å². The van der Waals surface area contributed by atoms with Gasteiger partial charge in [-0.25, -0.2) is 4.79 Å². The molecule has 0 radical (unpaired) electrons. The third kappa shape index (κ3) is 3.83. The van der Waals surface area contributed by atoms with Crippen LogP contribution in [0.2, 0.25) is 5.02 Å². The number of carbonyl (C=O) groups excluding carboxylic acids is 2. The summed E-state index contributed by atoms with van der Waals surface area (Å²) in [5.41, 5.74) is 3.59. The summed E-state index contributed by atoms with van der Waals surface area (Å²) in [7, 11) is 3.91. The van der Waals surface area contributed by atoms with Crippen molar-refractivity contribution in [2.45, 2.75) is 31.6 Å². The molecular formula is C24H23ClN2O4. The lowest BCUT2D eigenvalue weighted by atomic mass is 9.77. The van der Waals surface area contributed by atoms with Crippen molar-refractivity contribution in [1.82, 2.24) is 0 Å². The van der Waals surface area contributed by atoms with Crippen LogP contribution in [0.25, 0.3) is 0 Å². The number of Topliss-reactive ketones (excluding diaryl/α,β-unsaturated/α-hetero) is 1. The van der Waals surface area contributed by atoms with Crippen LogP contribution < -0.4 is 9.80 Å². The Bertz CT molecular complexity index is 1110. The van der Waals surface area contributed by atoms with Gasteiger partial charge < -0.3 is 10.0 Å². The predicted octanol–water partition coefficient (Wildman–Crippen LogP) is 4.63. The van der Waals surface area contributed by atoms with E-state index in [0.717, 1.165) is 11.3 Å². The molecule has 0 bridgehead atoms. The third-order valence-electron chi connectivity index (χ3n) is 5.92. The molecule has 1 N–H and O–H groups in total. The number of anilines is 2. The van der Waals surface area contributed by atoms with Crippen molar-refractivity contribution >= 4 is 40.6 Å². The minimum atomic E-state index is -1.10. The number of carboxylic acids is 1. The highest BCUT2D eigenvalue weighted by Crippen LogP contribution is 2.45. The molecule has 1 aliphatic carbocycles. The molecule has 0 fully saturated rings. The highest BCUT2D eigenvalue weighted by molar-refractivity contribution is 6.34. The summed E-state index contributed by atoms with van der Waals surface area (Å²) in [6, 6.07) is 12.2. The lowest BCUT2D eigenvalue weighted by Gasteiger charge is -2.38. The van der Waals surface area contributed by atoms with Gasteiger partial charge in [-0.1, -0.05) is 23.7 Å². The maximum atomic E-state index is 13.3. The molecule has 2 aromatic carbocycles. The van der Waals surface area contributed by atoms with Crippen molar-refractivity contribution in [1.29, 1.82) is 0 Å². The molecule has 1 amide bonds. The fourth-order valence-electron chi connectivity index (χ4n) is 4.38. The second-order valence-electron chi connectivity index (χ2n) is 8.08. The summed E-state index contributed by atoms with van der Waals surface area (Å²) < 4.78 is 0. The average Bonchev–Trinajstić information content (AvgIpc) is 2.74. The van der Waals surface area contributed by atoms with Crippen LogP contribution in [0.3, 0.4) is 0 Å². The SMILES string of the molecule is CN(C)c1ccc(C2CC(=O)N(c3cc(C(=O)O)ccc3Cl)C3=C2C(=O)CCC3)cc1. The molecular weight excluding hydrogens is 416 g/mol. The molecule has 1 atom stereocenters. The van der Waals surface area contributed by atoms with Crippen molar-refractivity contribution in [2.24, 2.45) is 0 Å². The monoisotopic (exact) mass is 438 g/mol. The number of allylic oxidation sites excluding steroid dienone is 2. The first-order valence-corrected chi connectivity index (χ1v) is 10.5. The molecule has 4 rings (SSSR count). The number of ketones is 1. The van der Waals surface area contributed by atoms with E-state index >= 15 is 0 Å². The first kappa shape index (κ1) is 21.1. The molecule has 2 aromatic rings. The van der Waals surface area contributed by atoms with Crippen LogP contribution in [0.1, 0.15) is 47.5 Å². The molecule has 0 saturated heterocycles. The number of hydrogen-bond donors (Lipinski definition) is 1. The van der Waals surface area contributed by atoms with Crippen molar-refractivity contribution in [3.8, 4) is 0 Å². The van der Waals surface area contributed by atoms with Gasteiger partial charge in [0.2, 0.25) is 5.91 Å². The summed E-state index contributed by atoms with van der Waals surface area (Å²) in [5, 5.41) is 9.65. The van der Waals surface area contributed by atoms with E-state index in [1.807, 2.05) is 43.3 Å². The standard InChI is InChI=1S/C24H23ClN2O4/c1-26(2)16-9-6-14(7-10-16)17-13-22(29)27(19-4-3-5-21(28)23(17)19)20-12-15(24(30)31)8-11-18(20)25/h6-12,17H,3-5,13H2,1-2H3,(H,30,31). The van der Waals surface area contributed by atoms with E-state index < -0.39 is 5.97 Å². The molecule has 1 aliphatic heterocycles. The smallest absolute Gasteiger partial charge is 0.335 e. The molecule has 7 heteroatoms. The van der Waals surface area contributed by atoms with Crippen LogP contribution in [-0.2, 0) is 9.59 Å². The number of carbonyl (C=O) groups is 3. The summed E-state index contributed by atoms with van der Waals surface area (Å²) >= 11 is 6.37. The number of aromatic carboxylic acids is 1. The molecule has 0 spiro atoms. The highest BCUT2D eigenvalue weighted by atomic mass is 35.5. The summed E-state index contributed by atoms with van der Waals surface area (Å²) in [6.07, 6.45) is 1.77. The van der Waals surface area contributed by atoms with E-state index in [1.54, 1.807) is 0 Å². The van der Waals surface area contributed by atoms with Crippen LogP contribution in [0, 0.1) is 0 Å². The first-order valence-electron chi connectivity index (χ1n) is 10.2. The van der Waals surface area contributed by atoms with Gasteiger partial charge >= 0.3 is 5.97 Å². The number of amides is 1. The van der Waals surface area contributed by atoms with E-state index in [4.69, 9.17) is 11.6 Å². The van der Waals surface area contributed by atoms with Crippen molar-refractivity contribution in [2.75, 3.05) is 23.9 Å². The predicted molar refractivity (Wildman–Crippen MR) is 120 cm³/mol. The van der Waals surface area contributed by atoms with Crippen molar-refractivity contribution in [3.05, 3.63) is 69.9 Å². The van der Waals surface area contributed by atoms with Gasteiger partial charge in [0.1, 0.15) is 0 Å². The summed E-state index contributed by atoms with van der Waals surface area (Å²) in [5.74, 6) is -1.58. The van der Waals surface area contributed by atoms with Crippen molar-refractivity contribution in [3.63, 3.8) is 0 Å². The van der Waals surface area contributed by atoms with Gasteiger partial charge in [-0.3, -0.25) is 14.5 Å². The van der Waals surface area contributed by atoms with E-state index in [1.165, 1.54) is 23.1 Å².